The van der Waals surface area contributed by atoms with Crippen molar-refractivity contribution in [1.29, 1.82) is 0 Å². The highest BCUT2D eigenvalue weighted by molar-refractivity contribution is 5.69. The van der Waals surface area contributed by atoms with Crippen LogP contribution in [0.1, 0.15) is 36.9 Å². The Kier molecular flexibility index (Phi) is 3.87. The van der Waals surface area contributed by atoms with Gasteiger partial charge in [0, 0.05) is 12.6 Å². The van der Waals surface area contributed by atoms with Crippen LogP contribution in [0, 0.1) is 0 Å². The van der Waals surface area contributed by atoms with E-state index in [1.807, 2.05) is 12.1 Å². The molecule has 2 N–H and O–H groups in total. The van der Waals surface area contributed by atoms with Crippen LogP contribution < -0.4 is 5.73 Å². The Labute approximate surface area is 108 Å². The number of amides is 1. The summed E-state index contributed by atoms with van der Waals surface area (Å²) in [6.07, 6.45) is -0.260. The molecule has 0 spiro atoms. The van der Waals surface area contributed by atoms with Crippen molar-refractivity contribution in [2.45, 2.75) is 25.8 Å². The topological polar surface area (TPSA) is 55.6 Å². The van der Waals surface area contributed by atoms with Crippen LogP contribution in [0.4, 0.5) is 4.79 Å². The Morgan fingerprint density at radius 2 is 1.89 bits per heavy atom. The van der Waals surface area contributed by atoms with Crippen molar-refractivity contribution in [3.8, 4) is 0 Å². The monoisotopic (exact) mass is 248 g/mol. The first-order chi connectivity index (χ1) is 8.58. The molecular weight excluding hydrogens is 228 g/mol. The van der Waals surface area contributed by atoms with E-state index in [1.165, 1.54) is 5.56 Å². The van der Waals surface area contributed by atoms with Gasteiger partial charge in [-0.3, -0.25) is 0 Å². The van der Waals surface area contributed by atoms with Crippen LogP contribution in [0.15, 0.2) is 24.3 Å². The second-order valence-corrected chi connectivity index (χ2v) is 4.99. The number of rotatable bonds is 4. The summed E-state index contributed by atoms with van der Waals surface area (Å²) in [6.45, 7) is 5.94. The molecule has 0 radical (unpaired) electrons. The van der Waals surface area contributed by atoms with Crippen molar-refractivity contribution in [1.82, 2.24) is 4.90 Å². The molecule has 0 bridgehead atoms. The summed E-state index contributed by atoms with van der Waals surface area (Å²) in [5, 5.41) is 0. The maximum atomic E-state index is 11.3. The molecule has 0 aromatic heterocycles. The molecule has 18 heavy (non-hydrogen) atoms. The fourth-order valence-electron chi connectivity index (χ4n) is 2.06. The summed E-state index contributed by atoms with van der Waals surface area (Å²) in [7, 11) is 0. The van der Waals surface area contributed by atoms with Gasteiger partial charge in [0.1, 0.15) is 6.61 Å². The Morgan fingerprint density at radius 3 is 2.39 bits per heavy atom. The molecule has 1 saturated heterocycles. The number of carbonyl (C=O) groups is 1. The van der Waals surface area contributed by atoms with Gasteiger partial charge in [0.05, 0.1) is 6.54 Å². The Bertz CT molecular complexity index is 414. The largest absolute Gasteiger partial charge is 0.448 e. The van der Waals surface area contributed by atoms with Crippen molar-refractivity contribution in [3.05, 3.63) is 35.4 Å². The molecular formula is C14H20N2O2. The number of nitrogens with zero attached hydrogens (tertiary/aromatic N) is 1. The first-order valence-corrected chi connectivity index (χ1v) is 6.35. The predicted octanol–water partition coefficient (Wildman–Crippen LogP) is 2.26. The van der Waals surface area contributed by atoms with Gasteiger partial charge >= 0.3 is 6.09 Å². The van der Waals surface area contributed by atoms with Gasteiger partial charge in [-0.25, -0.2) is 4.79 Å². The predicted molar refractivity (Wildman–Crippen MR) is 70.4 cm³/mol. The second-order valence-electron chi connectivity index (χ2n) is 4.99. The van der Waals surface area contributed by atoms with Crippen LogP contribution in [0.2, 0.25) is 0 Å². The van der Waals surface area contributed by atoms with E-state index < -0.39 is 0 Å². The van der Waals surface area contributed by atoms with Gasteiger partial charge in [0.2, 0.25) is 0 Å². The summed E-state index contributed by atoms with van der Waals surface area (Å²) in [6, 6.07) is 8.13. The molecule has 4 nitrogen and oxygen atoms in total. The summed E-state index contributed by atoms with van der Waals surface area (Å²) in [5.41, 5.74) is 8.47. The van der Waals surface area contributed by atoms with E-state index in [2.05, 4.69) is 26.0 Å². The molecule has 1 aromatic rings. The zero-order valence-corrected chi connectivity index (χ0v) is 10.9. The minimum absolute atomic E-state index is 0.156. The first-order valence-electron chi connectivity index (χ1n) is 6.35. The highest BCUT2D eigenvalue weighted by Gasteiger charge is 2.24. The van der Waals surface area contributed by atoms with E-state index >= 15 is 0 Å². The number of benzene rings is 1. The molecule has 1 atom stereocenters. The van der Waals surface area contributed by atoms with Gasteiger partial charge in [-0.15, -0.1) is 0 Å². The smallest absolute Gasteiger partial charge is 0.410 e. The number of cyclic esters (lactones) is 1. The van der Waals surface area contributed by atoms with Gasteiger partial charge < -0.3 is 15.4 Å². The van der Waals surface area contributed by atoms with E-state index in [-0.39, 0.29) is 12.1 Å². The highest BCUT2D eigenvalue weighted by Crippen LogP contribution is 2.19. The summed E-state index contributed by atoms with van der Waals surface area (Å²) < 4.78 is 4.88. The fraction of sp³-hybridized carbons (Fsp3) is 0.500. The summed E-state index contributed by atoms with van der Waals surface area (Å²) in [4.78, 5) is 13.0. The van der Waals surface area contributed by atoms with Crippen molar-refractivity contribution < 1.29 is 9.53 Å². The van der Waals surface area contributed by atoms with Crippen LogP contribution >= 0.6 is 0 Å². The van der Waals surface area contributed by atoms with Gasteiger partial charge in [-0.2, -0.15) is 0 Å². The molecule has 1 aliphatic rings. The van der Waals surface area contributed by atoms with Gasteiger partial charge in [0.15, 0.2) is 0 Å². The van der Waals surface area contributed by atoms with E-state index in [1.54, 1.807) is 4.90 Å². The van der Waals surface area contributed by atoms with E-state index in [4.69, 9.17) is 10.5 Å². The van der Waals surface area contributed by atoms with Crippen molar-refractivity contribution in [3.63, 3.8) is 0 Å². The molecule has 0 saturated carbocycles. The normalized spacial score (nSPS) is 17.1. The minimum Gasteiger partial charge on any atom is -0.448 e. The average molecular weight is 248 g/mol. The van der Waals surface area contributed by atoms with Gasteiger partial charge in [0.25, 0.3) is 0 Å². The third-order valence-electron chi connectivity index (χ3n) is 3.29. The lowest BCUT2D eigenvalue weighted by molar-refractivity contribution is 0.157. The number of carbonyl (C=O) groups excluding carboxylic acids is 1. The quantitative estimate of drug-likeness (QED) is 0.889. The maximum Gasteiger partial charge on any atom is 0.410 e. The Balaban J connectivity index is 2.00. The molecule has 1 amide bonds. The summed E-state index contributed by atoms with van der Waals surface area (Å²) >= 11 is 0. The van der Waals surface area contributed by atoms with E-state index in [9.17, 15) is 4.79 Å². The Hall–Kier alpha value is -1.55. The van der Waals surface area contributed by atoms with Gasteiger partial charge in [-0.1, -0.05) is 38.1 Å². The van der Waals surface area contributed by atoms with Crippen molar-refractivity contribution in [2.24, 2.45) is 5.73 Å². The lowest BCUT2D eigenvalue weighted by Gasteiger charge is -2.19. The Morgan fingerprint density at radius 1 is 1.28 bits per heavy atom. The molecule has 98 valence electrons. The van der Waals surface area contributed by atoms with E-state index in [0.29, 0.717) is 25.6 Å². The lowest BCUT2D eigenvalue weighted by atomic mass is 9.99. The number of hydrogen-bond acceptors (Lipinski definition) is 3. The highest BCUT2D eigenvalue weighted by atomic mass is 16.6. The number of nitrogens with two attached hydrogens (primary N) is 1. The molecule has 4 heteroatoms. The zero-order chi connectivity index (χ0) is 13.1. The van der Waals surface area contributed by atoms with Crippen LogP contribution in [0.3, 0.4) is 0 Å². The second kappa shape index (κ2) is 5.40. The lowest BCUT2D eigenvalue weighted by Crippen LogP contribution is -2.32. The molecule has 0 aliphatic carbocycles. The molecule has 1 unspecified atom stereocenters. The SMILES string of the molecule is CC(C)c1ccc(C(N)CN2CCOC2=O)cc1. The molecule has 1 aromatic carbocycles. The number of hydrogen-bond donors (Lipinski definition) is 1. The van der Waals surface area contributed by atoms with Crippen LogP contribution in [0.5, 0.6) is 0 Å². The first kappa shape index (κ1) is 12.9. The van der Waals surface area contributed by atoms with Crippen molar-refractivity contribution >= 4 is 6.09 Å². The average Bonchev–Trinajstić information content (AvgIpc) is 2.75. The zero-order valence-electron chi connectivity index (χ0n) is 10.9. The molecule has 1 heterocycles. The standard InChI is InChI=1S/C14H20N2O2/c1-10(2)11-3-5-12(6-4-11)13(15)9-16-7-8-18-14(16)17/h3-6,10,13H,7-9,15H2,1-2H3. The van der Waals surface area contributed by atoms with Crippen LogP contribution in [-0.4, -0.2) is 30.7 Å². The fourth-order valence-corrected chi connectivity index (χ4v) is 2.06. The third-order valence-corrected chi connectivity index (χ3v) is 3.29. The van der Waals surface area contributed by atoms with Crippen LogP contribution in [-0.2, 0) is 4.74 Å². The minimum atomic E-state index is -0.260. The third kappa shape index (κ3) is 2.82. The maximum absolute atomic E-state index is 11.3. The summed E-state index contributed by atoms with van der Waals surface area (Å²) in [5.74, 6) is 0.517. The molecule has 1 fully saturated rings. The number of ether oxygens (including phenoxy) is 1. The van der Waals surface area contributed by atoms with Gasteiger partial charge in [-0.05, 0) is 17.0 Å². The molecule has 1 aliphatic heterocycles. The molecule has 2 rings (SSSR count). The van der Waals surface area contributed by atoms with Crippen LogP contribution in [0.25, 0.3) is 0 Å². The van der Waals surface area contributed by atoms with E-state index in [0.717, 1.165) is 5.56 Å². The van der Waals surface area contributed by atoms with Crippen molar-refractivity contribution in [2.75, 3.05) is 19.7 Å².